The fourth-order valence-electron chi connectivity index (χ4n) is 4.75. The maximum atomic E-state index is 14.0. The molecule has 0 amide bonds. The summed E-state index contributed by atoms with van der Waals surface area (Å²) in [6.45, 7) is 5.34. The Morgan fingerprint density at radius 2 is 2.16 bits per heavy atom. The number of anilines is 1. The molecule has 0 bridgehead atoms. The molecule has 0 radical (unpaired) electrons. The molecule has 37 heavy (non-hydrogen) atoms. The molecule has 8 nitrogen and oxygen atoms in total. The van der Waals surface area contributed by atoms with E-state index in [0.717, 1.165) is 56.6 Å². The number of hydrogen-bond donors (Lipinski definition) is 2. The summed E-state index contributed by atoms with van der Waals surface area (Å²) in [5.41, 5.74) is 1.29. The third-order valence-electron chi connectivity index (χ3n) is 6.56. The number of likely N-dealkylation sites (tertiary alicyclic amines) is 1. The standard InChI is InChI=1S/C27H37FN4O4.CH4/c1-27(2,28)18-36-25-22(9-6-14-30-25)23(26(33)34)32-15-12-21(17-32)35-16-4-3-8-20-11-10-19-7-5-13-29-24(19)31-20;/h6,9-11,14,21,23H,3-5,7-8,12-13,15-18H2,1-2H3,(H,29,31)(H,33,34);1H4/t21-,23?;/m1./s1. The number of unbranched alkanes of at least 4 members (excludes halogenated alkanes) is 1. The van der Waals surface area contributed by atoms with Gasteiger partial charge in [-0.3, -0.25) is 9.69 Å². The summed E-state index contributed by atoms with van der Waals surface area (Å²) < 4.78 is 25.6. The molecule has 2 aliphatic heterocycles. The molecule has 2 N–H and O–H groups in total. The number of carbonyl (C=O) groups is 1. The van der Waals surface area contributed by atoms with E-state index in [1.807, 2.05) is 4.90 Å². The van der Waals surface area contributed by atoms with Crippen LogP contribution in [0.4, 0.5) is 10.2 Å². The van der Waals surface area contributed by atoms with Crippen molar-refractivity contribution in [2.24, 2.45) is 0 Å². The lowest BCUT2D eigenvalue weighted by Gasteiger charge is -2.26. The third-order valence-corrected chi connectivity index (χ3v) is 6.56. The van der Waals surface area contributed by atoms with Crippen LogP contribution < -0.4 is 10.1 Å². The molecule has 0 spiro atoms. The summed E-state index contributed by atoms with van der Waals surface area (Å²) in [4.78, 5) is 23.0. The van der Waals surface area contributed by atoms with Crippen LogP contribution in [0.25, 0.3) is 0 Å². The van der Waals surface area contributed by atoms with E-state index in [1.165, 1.54) is 25.6 Å². The van der Waals surface area contributed by atoms with Gasteiger partial charge in [-0.2, -0.15) is 0 Å². The number of carboxylic acid groups (broad SMARTS) is 1. The Kier molecular flexibility index (Phi) is 10.2. The summed E-state index contributed by atoms with van der Waals surface area (Å²) in [6, 6.07) is 6.75. The van der Waals surface area contributed by atoms with E-state index in [0.29, 0.717) is 25.3 Å². The van der Waals surface area contributed by atoms with Crippen LogP contribution in [-0.2, 0) is 22.4 Å². The SMILES string of the molecule is C.CC(C)(F)COc1ncccc1C(C(=O)O)N1CC[C@@H](OCCCCc2ccc3c(n2)NCCC3)C1. The third kappa shape index (κ3) is 8.10. The number of hydrogen-bond acceptors (Lipinski definition) is 7. The minimum atomic E-state index is -1.55. The maximum absolute atomic E-state index is 14.0. The highest BCUT2D eigenvalue weighted by Crippen LogP contribution is 2.32. The zero-order chi connectivity index (χ0) is 25.5. The van der Waals surface area contributed by atoms with E-state index in [2.05, 4.69) is 22.4 Å². The van der Waals surface area contributed by atoms with E-state index in [1.54, 1.807) is 12.1 Å². The molecule has 1 saturated heterocycles. The predicted octanol–water partition coefficient (Wildman–Crippen LogP) is 4.84. The highest BCUT2D eigenvalue weighted by atomic mass is 19.1. The van der Waals surface area contributed by atoms with E-state index in [9.17, 15) is 14.3 Å². The fraction of sp³-hybridized carbons (Fsp3) is 0.607. The van der Waals surface area contributed by atoms with Crippen molar-refractivity contribution in [1.29, 1.82) is 0 Å². The predicted molar refractivity (Wildman–Crippen MR) is 142 cm³/mol. The van der Waals surface area contributed by atoms with E-state index in [-0.39, 0.29) is 26.0 Å². The molecule has 0 aliphatic carbocycles. The van der Waals surface area contributed by atoms with E-state index >= 15 is 0 Å². The molecular weight excluding hydrogens is 475 g/mol. The number of aryl methyl sites for hydroxylation is 2. The minimum Gasteiger partial charge on any atom is -0.480 e. The number of fused-ring (bicyclic) bond motifs is 1. The Hall–Kier alpha value is -2.78. The number of nitrogens with zero attached hydrogens (tertiary/aromatic N) is 3. The maximum Gasteiger partial charge on any atom is 0.325 e. The fourth-order valence-corrected chi connectivity index (χ4v) is 4.75. The number of alkyl halides is 1. The van der Waals surface area contributed by atoms with Crippen molar-refractivity contribution in [3.05, 3.63) is 47.3 Å². The van der Waals surface area contributed by atoms with Crippen molar-refractivity contribution in [3.63, 3.8) is 0 Å². The van der Waals surface area contributed by atoms with Gasteiger partial charge in [0.05, 0.1) is 6.10 Å². The lowest BCUT2D eigenvalue weighted by Crippen LogP contribution is -2.34. The van der Waals surface area contributed by atoms with Crippen molar-refractivity contribution < 1.29 is 23.8 Å². The van der Waals surface area contributed by atoms with Gasteiger partial charge in [0.25, 0.3) is 0 Å². The Morgan fingerprint density at radius 1 is 1.32 bits per heavy atom. The molecule has 4 heterocycles. The number of pyridine rings is 2. The van der Waals surface area contributed by atoms with Crippen LogP contribution in [0, 0.1) is 0 Å². The average molecular weight is 517 g/mol. The number of nitrogens with one attached hydrogen (secondary N) is 1. The molecule has 0 aromatic carbocycles. The van der Waals surface area contributed by atoms with Crippen LogP contribution in [-0.4, -0.2) is 70.6 Å². The molecule has 2 atom stereocenters. The van der Waals surface area contributed by atoms with Gasteiger partial charge in [-0.15, -0.1) is 0 Å². The summed E-state index contributed by atoms with van der Waals surface area (Å²) in [6.07, 6.45) is 7.33. The zero-order valence-electron chi connectivity index (χ0n) is 21.2. The Labute approximate surface area is 219 Å². The normalized spacial score (nSPS) is 18.4. The lowest BCUT2D eigenvalue weighted by atomic mass is 10.1. The molecular formula is C28H41FN4O4. The molecule has 2 aromatic rings. The first-order valence-electron chi connectivity index (χ1n) is 12.9. The number of aliphatic carboxylic acids is 1. The second kappa shape index (κ2) is 13.1. The smallest absolute Gasteiger partial charge is 0.325 e. The minimum absolute atomic E-state index is 0. The summed E-state index contributed by atoms with van der Waals surface area (Å²) in [5, 5.41) is 13.4. The highest BCUT2D eigenvalue weighted by molar-refractivity contribution is 5.76. The molecule has 2 aromatic heterocycles. The van der Waals surface area contributed by atoms with Gasteiger partial charge in [0.1, 0.15) is 24.1 Å². The Morgan fingerprint density at radius 3 is 2.95 bits per heavy atom. The number of carboxylic acids is 1. The van der Waals surface area contributed by atoms with Gasteiger partial charge in [0, 0.05) is 43.7 Å². The van der Waals surface area contributed by atoms with Crippen molar-refractivity contribution in [1.82, 2.24) is 14.9 Å². The summed E-state index contributed by atoms with van der Waals surface area (Å²) in [7, 11) is 0. The monoisotopic (exact) mass is 516 g/mol. The second-order valence-corrected chi connectivity index (χ2v) is 10.2. The Balaban J connectivity index is 0.00000380. The number of rotatable bonds is 12. The van der Waals surface area contributed by atoms with Crippen LogP contribution in [0.5, 0.6) is 5.88 Å². The van der Waals surface area contributed by atoms with Crippen molar-refractivity contribution in [2.75, 3.05) is 38.2 Å². The lowest BCUT2D eigenvalue weighted by molar-refractivity contribution is -0.143. The van der Waals surface area contributed by atoms with Gasteiger partial charge in [-0.1, -0.05) is 13.5 Å². The van der Waals surface area contributed by atoms with Gasteiger partial charge in [0.15, 0.2) is 0 Å². The second-order valence-electron chi connectivity index (χ2n) is 10.2. The molecule has 1 fully saturated rings. The highest BCUT2D eigenvalue weighted by Gasteiger charge is 2.36. The Bertz CT molecular complexity index is 1030. The van der Waals surface area contributed by atoms with Gasteiger partial charge < -0.3 is 19.9 Å². The first-order valence-corrected chi connectivity index (χ1v) is 12.9. The van der Waals surface area contributed by atoms with Crippen LogP contribution in [0.1, 0.15) is 69.8 Å². The largest absolute Gasteiger partial charge is 0.480 e. The molecule has 204 valence electrons. The molecule has 0 saturated carbocycles. The first kappa shape index (κ1) is 28.8. The molecule has 1 unspecified atom stereocenters. The van der Waals surface area contributed by atoms with E-state index in [4.69, 9.17) is 14.5 Å². The van der Waals surface area contributed by atoms with Gasteiger partial charge in [0.2, 0.25) is 5.88 Å². The zero-order valence-corrected chi connectivity index (χ0v) is 21.2. The molecule has 9 heteroatoms. The van der Waals surface area contributed by atoms with Gasteiger partial charge in [-0.05, 0) is 76.1 Å². The summed E-state index contributed by atoms with van der Waals surface area (Å²) in [5.74, 6) is 0.204. The van der Waals surface area contributed by atoms with E-state index < -0.39 is 17.7 Å². The molecule has 2 aliphatic rings. The number of aromatic nitrogens is 2. The molecule has 4 rings (SSSR count). The van der Waals surface area contributed by atoms with Crippen molar-refractivity contribution in [2.45, 2.75) is 77.6 Å². The van der Waals surface area contributed by atoms with Crippen molar-refractivity contribution in [3.8, 4) is 5.88 Å². The number of halogens is 1. The quantitative estimate of drug-likeness (QED) is 0.387. The van der Waals surface area contributed by atoms with Gasteiger partial charge in [-0.25, -0.2) is 14.4 Å². The van der Waals surface area contributed by atoms with Crippen LogP contribution in [0.3, 0.4) is 0 Å². The topological polar surface area (TPSA) is 96.8 Å². The van der Waals surface area contributed by atoms with Gasteiger partial charge >= 0.3 is 5.97 Å². The number of ether oxygens (including phenoxy) is 2. The van der Waals surface area contributed by atoms with Crippen molar-refractivity contribution >= 4 is 11.8 Å². The first-order chi connectivity index (χ1) is 17.3. The average Bonchev–Trinajstić information content (AvgIpc) is 3.30. The summed E-state index contributed by atoms with van der Waals surface area (Å²) >= 11 is 0. The van der Waals surface area contributed by atoms with Crippen LogP contribution >= 0.6 is 0 Å². The van der Waals surface area contributed by atoms with Crippen LogP contribution in [0.2, 0.25) is 0 Å². The van der Waals surface area contributed by atoms with Crippen LogP contribution in [0.15, 0.2) is 30.5 Å².